The number of sulfonamides is 2. The predicted octanol–water partition coefficient (Wildman–Crippen LogP) is 0.174. The lowest BCUT2D eigenvalue weighted by Crippen LogP contribution is -2.36. The van der Waals surface area contributed by atoms with Crippen molar-refractivity contribution in [3.8, 4) is 0 Å². The van der Waals surface area contributed by atoms with Gasteiger partial charge in [0.1, 0.15) is 11.8 Å². The van der Waals surface area contributed by atoms with E-state index in [1.165, 1.54) is 13.8 Å². The summed E-state index contributed by atoms with van der Waals surface area (Å²) in [4.78, 5) is 25.2. The first-order valence-corrected chi connectivity index (χ1v) is 16.7. The van der Waals surface area contributed by atoms with Crippen LogP contribution in [0.2, 0.25) is 0 Å². The molecule has 0 bridgehead atoms. The third-order valence-corrected chi connectivity index (χ3v) is 11.0. The van der Waals surface area contributed by atoms with Gasteiger partial charge in [0.05, 0.1) is 9.79 Å². The summed E-state index contributed by atoms with van der Waals surface area (Å²) in [6.07, 6.45) is 0. The van der Waals surface area contributed by atoms with Crippen LogP contribution in [0.15, 0.2) is 46.2 Å². The van der Waals surface area contributed by atoms with Gasteiger partial charge in [0.25, 0.3) is 20.2 Å². The molecule has 0 radical (unpaired) electrons. The first-order chi connectivity index (χ1) is 17.3. The molecule has 0 fully saturated rings. The van der Waals surface area contributed by atoms with E-state index in [2.05, 4.69) is 0 Å². The van der Waals surface area contributed by atoms with Crippen LogP contribution in [-0.4, -0.2) is 87.8 Å². The predicted molar refractivity (Wildman–Crippen MR) is 132 cm³/mol. The van der Waals surface area contributed by atoms with Crippen LogP contribution in [0.25, 0.3) is 0 Å². The smallest absolute Gasteiger partial charge is 0.279 e. The normalized spacial score (nSPS) is 14.6. The number of nitrogens with zero attached hydrogens (tertiary/aromatic N) is 2. The van der Waals surface area contributed by atoms with E-state index in [-0.39, 0.29) is 24.2 Å². The number of hydrogen-bond donors (Lipinski definition) is 2. The number of carbonyl (C=O) groups excluding carboxylic acids is 2. The molecule has 208 valence electrons. The van der Waals surface area contributed by atoms with Crippen molar-refractivity contribution >= 4 is 51.8 Å². The Bertz CT molecular complexity index is 1640. The molecule has 0 amide bonds. The molecule has 1 aliphatic rings. The van der Waals surface area contributed by atoms with Gasteiger partial charge in [-0.25, -0.2) is 16.8 Å². The third-order valence-electron chi connectivity index (χ3n) is 5.56. The van der Waals surface area contributed by atoms with Crippen LogP contribution in [0.3, 0.4) is 0 Å². The SMILES string of the molecule is CCN(CS(=O)(=O)O)S(=O)(=O)c1ccc2c(c1)C(=O)c1cc(S(=O)(=O)N(CC)CS(=O)(=O)O)ccc1C2=O. The monoisotopic (exact) mass is 610 g/mol. The molecule has 18 heteroatoms. The highest BCUT2D eigenvalue weighted by molar-refractivity contribution is 7.91. The highest BCUT2D eigenvalue weighted by atomic mass is 32.2. The second-order valence-electron chi connectivity index (χ2n) is 8.04. The van der Waals surface area contributed by atoms with Gasteiger partial charge in [0.2, 0.25) is 20.0 Å². The molecule has 0 unspecified atom stereocenters. The van der Waals surface area contributed by atoms with Gasteiger partial charge in [0.15, 0.2) is 11.6 Å². The lowest BCUT2D eigenvalue weighted by molar-refractivity contribution is 0.0978. The van der Waals surface area contributed by atoms with Gasteiger partial charge < -0.3 is 0 Å². The fraction of sp³-hybridized carbons (Fsp3) is 0.300. The fourth-order valence-electron chi connectivity index (χ4n) is 3.75. The largest absolute Gasteiger partial charge is 0.289 e. The maximum absolute atomic E-state index is 13.3. The minimum atomic E-state index is -4.73. The van der Waals surface area contributed by atoms with E-state index in [4.69, 9.17) is 9.11 Å². The molecule has 0 atom stereocenters. The Morgan fingerprint density at radius 3 is 1.18 bits per heavy atom. The maximum Gasteiger partial charge on any atom is 0.279 e. The van der Waals surface area contributed by atoms with Crippen LogP contribution in [0.4, 0.5) is 0 Å². The van der Waals surface area contributed by atoms with Crippen LogP contribution in [-0.2, 0) is 40.3 Å². The summed E-state index contributed by atoms with van der Waals surface area (Å²) in [6.45, 7) is 1.92. The molecule has 0 heterocycles. The molecular formula is C20H22N2O12S4. The number of carbonyl (C=O) groups is 2. The minimum absolute atomic E-state index is 0.184. The van der Waals surface area contributed by atoms with Crippen molar-refractivity contribution in [1.82, 2.24) is 8.61 Å². The molecule has 0 saturated heterocycles. The number of rotatable bonds is 10. The van der Waals surface area contributed by atoms with Crippen LogP contribution in [0.5, 0.6) is 0 Å². The Kier molecular flexibility index (Phi) is 8.04. The molecular weight excluding hydrogens is 588 g/mol. The number of ketones is 2. The van der Waals surface area contributed by atoms with Crippen molar-refractivity contribution in [2.24, 2.45) is 0 Å². The zero-order valence-electron chi connectivity index (χ0n) is 19.8. The molecule has 38 heavy (non-hydrogen) atoms. The molecule has 2 N–H and O–H groups in total. The zero-order valence-corrected chi connectivity index (χ0v) is 23.1. The Morgan fingerprint density at radius 2 is 0.895 bits per heavy atom. The van der Waals surface area contributed by atoms with Crippen molar-refractivity contribution < 1.29 is 52.4 Å². The molecule has 2 aromatic rings. The Labute approximate surface area is 219 Å². The Morgan fingerprint density at radius 1 is 0.579 bits per heavy atom. The first-order valence-electron chi connectivity index (χ1n) is 10.6. The van der Waals surface area contributed by atoms with E-state index in [1.54, 1.807) is 0 Å². The summed E-state index contributed by atoms with van der Waals surface area (Å²) in [7, 11) is -18.6. The van der Waals surface area contributed by atoms with Gasteiger partial charge in [-0.2, -0.15) is 25.4 Å². The minimum Gasteiger partial charge on any atom is -0.289 e. The van der Waals surface area contributed by atoms with E-state index >= 15 is 0 Å². The summed E-state index contributed by atoms with van der Waals surface area (Å²) in [5.74, 6) is -4.15. The summed E-state index contributed by atoms with van der Waals surface area (Å²) in [5, 5.41) is 0. The van der Waals surface area contributed by atoms with Crippen molar-refractivity contribution in [2.75, 3.05) is 24.8 Å². The highest BCUT2D eigenvalue weighted by Gasteiger charge is 2.35. The molecule has 2 aromatic carbocycles. The summed E-state index contributed by atoms with van der Waals surface area (Å²) >= 11 is 0. The van der Waals surface area contributed by atoms with E-state index in [0.29, 0.717) is 8.61 Å². The van der Waals surface area contributed by atoms with E-state index < -0.39 is 84.5 Å². The van der Waals surface area contributed by atoms with Gasteiger partial charge in [-0.3, -0.25) is 18.7 Å². The van der Waals surface area contributed by atoms with E-state index in [0.717, 1.165) is 36.4 Å². The standard InChI is InChI=1S/C20H22N2O12S4/c1-3-21(11-35(25,26)27)37(31,32)13-5-7-15-17(9-13)20(24)18-10-14(6-8-16(18)19(15)23)38(33,34)22(4-2)12-36(28,29)30/h5-10H,3-4,11-12H2,1-2H3,(H,25,26,27)(H,28,29,30). The topological polar surface area (TPSA) is 218 Å². The molecule has 0 aliphatic heterocycles. The second kappa shape index (κ2) is 10.2. The van der Waals surface area contributed by atoms with E-state index in [9.17, 15) is 43.3 Å². The molecule has 0 spiro atoms. The first kappa shape index (κ1) is 30.0. The van der Waals surface area contributed by atoms with Crippen LogP contribution in [0, 0.1) is 0 Å². The average Bonchev–Trinajstić information content (AvgIpc) is 2.82. The van der Waals surface area contributed by atoms with Gasteiger partial charge in [-0.05, 0) is 36.4 Å². The Hall–Kier alpha value is -2.58. The maximum atomic E-state index is 13.3. The molecule has 0 aromatic heterocycles. The zero-order chi connectivity index (χ0) is 28.8. The summed E-state index contributed by atoms with van der Waals surface area (Å²) in [5.41, 5.74) is -1.16. The van der Waals surface area contributed by atoms with Gasteiger partial charge in [-0.15, -0.1) is 0 Å². The lowest BCUT2D eigenvalue weighted by atomic mass is 9.84. The summed E-state index contributed by atoms with van der Waals surface area (Å²) < 4.78 is 116. The fourth-order valence-corrected chi connectivity index (χ4v) is 9.04. The molecule has 3 rings (SSSR count). The average molecular weight is 611 g/mol. The van der Waals surface area contributed by atoms with Crippen molar-refractivity contribution in [3.05, 3.63) is 58.7 Å². The van der Waals surface area contributed by atoms with Crippen LogP contribution in [0.1, 0.15) is 45.7 Å². The highest BCUT2D eigenvalue weighted by Crippen LogP contribution is 2.32. The molecule has 14 nitrogen and oxygen atoms in total. The van der Waals surface area contributed by atoms with Crippen molar-refractivity contribution in [2.45, 2.75) is 23.6 Å². The van der Waals surface area contributed by atoms with Crippen molar-refractivity contribution in [3.63, 3.8) is 0 Å². The van der Waals surface area contributed by atoms with Gasteiger partial charge in [0, 0.05) is 35.3 Å². The number of fused-ring (bicyclic) bond motifs is 2. The van der Waals surface area contributed by atoms with Gasteiger partial charge >= 0.3 is 0 Å². The lowest BCUT2D eigenvalue weighted by Gasteiger charge is -2.23. The third kappa shape index (κ3) is 5.86. The number of hydrogen-bond acceptors (Lipinski definition) is 10. The second-order valence-corrected chi connectivity index (χ2v) is 14.8. The Balaban J connectivity index is 2.12. The summed E-state index contributed by atoms with van der Waals surface area (Å²) in [6, 6.07) is 5.79. The van der Waals surface area contributed by atoms with Crippen LogP contribution < -0.4 is 0 Å². The van der Waals surface area contributed by atoms with Gasteiger partial charge in [-0.1, -0.05) is 13.8 Å². The number of benzene rings is 2. The van der Waals surface area contributed by atoms with Crippen LogP contribution >= 0.6 is 0 Å². The molecule has 1 aliphatic carbocycles. The van der Waals surface area contributed by atoms with Crippen molar-refractivity contribution in [1.29, 1.82) is 0 Å². The molecule has 0 saturated carbocycles. The quantitative estimate of drug-likeness (QED) is 0.294. The van der Waals surface area contributed by atoms with E-state index in [1.807, 2.05) is 0 Å².